The number of rotatable bonds is 5. The van der Waals surface area contributed by atoms with Crippen LogP contribution in [0.25, 0.3) is 22.0 Å². The van der Waals surface area contributed by atoms with Crippen LogP contribution in [0.15, 0.2) is 48.7 Å². The smallest absolute Gasteiger partial charge is 0.245 e. The van der Waals surface area contributed by atoms with Gasteiger partial charge in [-0.05, 0) is 36.0 Å². The van der Waals surface area contributed by atoms with Gasteiger partial charge in [-0.3, -0.25) is 0 Å². The molecule has 26 heavy (non-hydrogen) atoms. The van der Waals surface area contributed by atoms with Crippen molar-refractivity contribution in [3.63, 3.8) is 0 Å². The zero-order valence-electron chi connectivity index (χ0n) is 15.1. The molecule has 0 bridgehead atoms. The Labute approximate surface area is 154 Å². The van der Waals surface area contributed by atoms with Crippen LogP contribution in [0.2, 0.25) is 0 Å². The highest BCUT2D eigenvalue weighted by molar-refractivity contribution is 5.95. The second-order valence-corrected chi connectivity index (χ2v) is 6.93. The van der Waals surface area contributed by atoms with Gasteiger partial charge >= 0.3 is 0 Å². The van der Waals surface area contributed by atoms with Gasteiger partial charge in [0.1, 0.15) is 0 Å². The second-order valence-electron chi connectivity index (χ2n) is 6.93. The SMILES string of the molecule is CN(CCC1CCOCC1)c1nncc(-c2cccc3ccccc23)n1. The number of benzene rings is 2. The number of ether oxygens (including phenoxy) is 1. The van der Waals surface area contributed by atoms with Crippen LogP contribution in [-0.4, -0.2) is 42.0 Å². The molecule has 0 spiro atoms. The summed E-state index contributed by atoms with van der Waals surface area (Å²) in [5.74, 6) is 1.42. The van der Waals surface area contributed by atoms with Crippen molar-refractivity contribution in [3.05, 3.63) is 48.7 Å². The van der Waals surface area contributed by atoms with E-state index in [-0.39, 0.29) is 0 Å². The van der Waals surface area contributed by atoms with Gasteiger partial charge in [-0.15, -0.1) is 5.10 Å². The van der Waals surface area contributed by atoms with Crippen LogP contribution < -0.4 is 4.90 Å². The van der Waals surface area contributed by atoms with Crippen LogP contribution >= 0.6 is 0 Å². The molecule has 0 radical (unpaired) electrons. The van der Waals surface area contributed by atoms with Crippen molar-refractivity contribution in [2.75, 3.05) is 31.7 Å². The highest BCUT2D eigenvalue weighted by atomic mass is 16.5. The van der Waals surface area contributed by atoms with Crippen molar-refractivity contribution in [2.45, 2.75) is 19.3 Å². The molecule has 2 heterocycles. The molecule has 1 aromatic heterocycles. The van der Waals surface area contributed by atoms with Gasteiger partial charge in [0.25, 0.3) is 0 Å². The minimum absolute atomic E-state index is 0.683. The molecule has 0 unspecified atom stereocenters. The third-order valence-electron chi connectivity index (χ3n) is 5.17. The zero-order chi connectivity index (χ0) is 17.8. The van der Waals surface area contributed by atoms with E-state index in [1.807, 2.05) is 7.05 Å². The maximum absolute atomic E-state index is 5.44. The number of fused-ring (bicyclic) bond motifs is 1. The molecule has 4 rings (SSSR count). The minimum atomic E-state index is 0.683. The van der Waals surface area contributed by atoms with Crippen molar-refractivity contribution in [3.8, 4) is 11.3 Å². The lowest BCUT2D eigenvalue weighted by Gasteiger charge is -2.24. The standard InChI is InChI=1S/C21H24N4O/c1-25(12-9-16-10-13-26-14-11-16)21-23-20(15-22-24-21)19-8-4-6-17-5-2-3-7-18(17)19/h2-8,15-16H,9-14H2,1H3. The van der Waals surface area contributed by atoms with Crippen molar-refractivity contribution < 1.29 is 4.74 Å². The molecule has 0 saturated carbocycles. The number of nitrogens with zero attached hydrogens (tertiary/aromatic N) is 4. The minimum Gasteiger partial charge on any atom is -0.381 e. The first kappa shape index (κ1) is 16.9. The van der Waals surface area contributed by atoms with Gasteiger partial charge in [-0.1, -0.05) is 42.5 Å². The molecular weight excluding hydrogens is 324 g/mol. The quantitative estimate of drug-likeness (QED) is 0.699. The van der Waals surface area contributed by atoms with Gasteiger partial charge in [0.2, 0.25) is 5.95 Å². The third-order valence-corrected chi connectivity index (χ3v) is 5.17. The summed E-state index contributed by atoms with van der Waals surface area (Å²) >= 11 is 0. The van der Waals surface area contributed by atoms with E-state index in [0.717, 1.165) is 56.2 Å². The van der Waals surface area contributed by atoms with Gasteiger partial charge in [0.15, 0.2) is 0 Å². The summed E-state index contributed by atoms with van der Waals surface area (Å²) in [6.45, 7) is 2.72. The molecule has 1 aliphatic rings. The Morgan fingerprint density at radius 2 is 1.88 bits per heavy atom. The van der Waals surface area contributed by atoms with Crippen molar-refractivity contribution in [1.82, 2.24) is 15.2 Å². The fraction of sp³-hybridized carbons (Fsp3) is 0.381. The lowest BCUT2D eigenvalue weighted by atomic mass is 9.96. The summed E-state index contributed by atoms with van der Waals surface area (Å²) < 4.78 is 5.44. The molecule has 0 aliphatic carbocycles. The Hall–Kier alpha value is -2.53. The van der Waals surface area contributed by atoms with Crippen molar-refractivity contribution in [2.24, 2.45) is 5.92 Å². The van der Waals surface area contributed by atoms with E-state index < -0.39 is 0 Å². The molecule has 1 aliphatic heterocycles. The number of hydrogen-bond acceptors (Lipinski definition) is 5. The molecule has 5 nitrogen and oxygen atoms in total. The predicted octanol–water partition coefficient (Wildman–Crippen LogP) is 3.94. The Bertz CT molecular complexity index is 871. The maximum atomic E-state index is 5.44. The first-order valence-corrected chi connectivity index (χ1v) is 9.28. The summed E-state index contributed by atoms with van der Waals surface area (Å²) in [6.07, 6.45) is 5.20. The van der Waals surface area contributed by atoms with Crippen molar-refractivity contribution in [1.29, 1.82) is 0 Å². The monoisotopic (exact) mass is 348 g/mol. The third kappa shape index (κ3) is 3.68. The summed E-state index contributed by atoms with van der Waals surface area (Å²) in [5.41, 5.74) is 1.96. The van der Waals surface area contributed by atoms with Gasteiger partial charge in [0, 0.05) is 32.4 Å². The first-order chi connectivity index (χ1) is 12.8. The summed E-state index contributed by atoms with van der Waals surface area (Å²) in [6, 6.07) is 14.6. The predicted molar refractivity (Wildman–Crippen MR) is 104 cm³/mol. The van der Waals surface area contributed by atoms with Crippen molar-refractivity contribution >= 4 is 16.7 Å². The van der Waals surface area contributed by atoms with Crippen LogP contribution in [0.4, 0.5) is 5.95 Å². The lowest BCUT2D eigenvalue weighted by Crippen LogP contribution is -2.25. The molecule has 134 valence electrons. The summed E-state index contributed by atoms with van der Waals surface area (Å²) in [4.78, 5) is 6.89. The lowest BCUT2D eigenvalue weighted by molar-refractivity contribution is 0.0645. The molecule has 5 heteroatoms. The number of aromatic nitrogens is 3. The molecule has 1 saturated heterocycles. The van der Waals surface area contributed by atoms with E-state index >= 15 is 0 Å². The second kappa shape index (κ2) is 7.79. The molecule has 1 fully saturated rings. The molecule has 0 amide bonds. The first-order valence-electron chi connectivity index (χ1n) is 9.28. The largest absolute Gasteiger partial charge is 0.381 e. The highest BCUT2D eigenvalue weighted by Gasteiger charge is 2.16. The number of anilines is 1. The van der Waals surface area contributed by atoms with E-state index in [9.17, 15) is 0 Å². The van der Waals surface area contributed by atoms with Crippen LogP contribution in [0.5, 0.6) is 0 Å². The molecule has 3 aromatic rings. The Morgan fingerprint density at radius 1 is 1.08 bits per heavy atom. The molecule has 2 aromatic carbocycles. The van der Waals surface area contributed by atoms with E-state index in [1.165, 1.54) is 10.8 Å². The zero-order valence-corrected chi connectivity index (χ0v) is 15.1. The number of hydrogen-bond donors (Lipinski definition) is 0. The fourth-order valence-electron chi connectivity index (χ4n) is 3.55. The fourth-order valence-corrected chi connectivity index (χ4v) is 3.55. The normalized spacial score (nSPS) is 15.3. The average molecular weight is 348 g/mol. The van der Waals surface area contributed by atoms with E-state index in [0.29, 0.717) is 5.95 Å². The Balaban J connectivity index is 1.54. The van der Waals surface area contributed by atoms with E-state index in [4.69, 9.17) is 9.72 Å². The van der Waals surface area contributed by atoms with Crippen LogP contribution in [0.1, 0.15) is 19.3 Å². The Kier molecular flexibility index (Phi) is 5.07. The van der Waals surface area contributed by atoms with Gasteiger partial charge < -0.3 is 9.64 Å². The van der Waals surface area contributed by atoms with Gasteiger partial charge in [0.05, 0.1) is 11.9 Å². The van der Waals surface area contributed by atoms with Gasteiger partial charge in [-0.2, -0.15) is 5.10 Å². The van der Waals surface area contributed by atoms with Crippen LogP contribution in [0, 0.1) is 5.92 Å². The molecule has 0 atom stereocenters. The van der Waals surface area contributed by atoms with E-state index in [1.54, 1.807) is 6.20 Å². The average Bonchev–Trinajstić information content (AvgIpc) is 2.72. The van der Waals surface area contributed by atoms with Gasteiger partial charge in [-0.25, -0.2) is 4.98 Å². The summed E-state index contributed by atoms with van der Waals surface area (Å²) in [5, 5.41) is 10.9. The van der Waals surface area contributed by atoms with E-state index in [2.05, 4.69) is 57.6 Å². The van der Waals surface area contributed by atoms with Crippen LogP contribution in [-0.2, 0) is 4.74 Å². The Morgan fingerprint density at radius 3 is 2.77 bits per heavy atom. The van der Waals surface area contributed by atoms with Crippen LogP contribution in [0.3, 0.4) is 0 Å². The molecule has 0 N–H and O–H groups in total. The topological polar surface area (TPSA) is 51.1 Å². The highest BCUT2D eigenvalue weighted by Crippen LogP contribution is 2.27. The maximum Gasteiger partial charge on any atom is 0.245 e. The summed E-state index contributed by atoms with van der Waals surface area (Å²) in [7, 11) is 2.04. The molecular formula is C21H24N4O.